The Morgan fingerprint density at radius 1 is 1.64 bits per heavy atom. The zero-order valence-electron chi connectivity index (χ0n) is 6.59. The van der Waals surface area contributed by atoms with Gasteiger partial charge in [-0.15, -0.1) is 0 Å². The first-order chi connectivity index (χ1) is 5.29. The summed E-state index contributed by atoms with van der Waals surface area (Å²) in [5.41, 5.74) is 1.52. The summed E-state index contributed by atoms with van der Waals surface area (Å²) in [6, 6.07) is 0. The highest BCUT2D eigenvalue weighted by Crippen LogP contribution is 2.25. The maximum absolute atomic E-state index is 11.0. The molecule has 62 valence electrons. The summed E-state index contributed by atoms with van der Waals surface area (Å²) in [4.78, 5) is 11.0. The molecule has 0 radical (unpaired) electrons. The third-order valence-electron chi connectivity index (χ3n) is 1.95. The van der Waals surface area contributed by atoms with Gasteiger partial charge in [-0.05, 0) is 24.8 Å². The van der Waals surface area contributed by atoms with Crippen molar-refractivity contribution in [2.24, 2.45) is 0 Å². The molecule has 3 heteroatoms. The van der Waals surface area contributed by atoms with E-state index in [0.29, 0.717) is 5.57 Å². The van der Waals surface area contributed by atoms with Crippen LogP contribution in [0.2, 0.25) is 0 Å². The summed E-state index contributed by atoms with van der Waals surface area (Å²) in [5, 5.41) is 8.82. The van der Waals surface area contributed by atoms with Crippen molar-refractivity contribution in [2.75, 3.05) is 13.7 Å². The highest BCUT2D eigenvalue weighted by molar-refractivity contribution is 5.89. The molecular formula is C8H12O3. The largest absolute Gasteiger partial charge is 0.466 e. The molecule has 0 aromatic rings. The van der Waals surface area contributed by atoms with Gasteiger partial charge in [0, 0.05) is 5.57 Å². The van der Waals surface area contributed by atoms with Crippen LogP contribution >= 0.6 is 0 Å². The van der Waals surface area contributed by atoms with Crippen LogP contribution in [0.15, 0.2) is 11.1 Å². The van der Waals surface area contributed by atoms with Crippen molar-refractivity contribution < 1.29 is 14.6 Å². The fourth-order valence-electron chi connectivity index (χ4n) is 1.35. The van der Waals surface area contributed by atoms with E-state index >= 15 is 0 Å². The molecule has 0 atom stereocenters. The average molecular weight is 156 g/mol. The standard InChI is InChI=1S/C8H12O3/c1-11-8(10)7-4-2-3-6(7)5-9/h9H,2-5H2,1H3. The van der Waals surface area contributed by atoms with Gasteiger partial charge in [-0.25, -0.2) is 4.79 Å². The molecule has 0 saturated heterocycles. The molecule has 0 aromatic heterocycles. The van der Waals surface area contributed by atoms with Crippen molar-refractivity contribution in [3.8, 4) is 0 Å². The minimum atomic E-state index is -0.286. The molecule has 0 aromatic carbocycles. The Bertz CT molecular complexity index is 194. The number of esters is 1. The third kappa shape index (κ3) is 1.60. The van der Waals surface area contributed by atoms with E-state index in [1.54, 1.807) is 0 Å². The van der Waals surface area contributed by atoms with E-state index in [4.69, 9.17) is 5.11 Å². The first-order valence-corrected chi connectivity index (χ1v) is 3.69. The molecule has 0 heterocycles. The molecule has 0 amide bonds. The fraction of sp³-hybridized carbons (Fsp3) is 0.625. The first-order valence-electron chi connectivity index (χ1n) is 3.69. The van der Waals surface area contributed by atoms with Crippen LogP contribution in [0, 0.1) is 0 Å². The van der Waals surface area contributed by atoms with E-state index in [-0.39, 0.29) is 12.6 Å². The molecule has 0 spiro atoms. The molecule has 0 bridgehead atoms. The Labute approximate surface area is 65.7 Å². The minimum absolute atomic E-state index is 0.00949. The van der Waals surface area contributed by atoms with Gasteiger partial charge in [0.2, 0.25) is 0 Å². The average Bonchev–Trinajstić information content (AvgIpc) is 2.50. The van der Waals surface area contributed by atoms with E-state index in [1.807, 2.05) is 0 Å². The van der Waals surface area contributed by atoms with Gasteiger partial charge in [-0.1, -0.05) is 0 Å². The monoisotopic (exact) mass is 156 g/mol. The molecule has 1 rings (SSSR count). The van der Waals surface area contributed by atoms with Crippen molar-refractivity contribution in [1.82, 2.24) is 0 Å². The zero-order chi connectivity index (χ0) is 8.27. The molecule has 3 nitrogen and oxygen atoms in total. The topological polar surface area (TPSA) is 46.5 Å². The second-order valence-corrected chi connectivity index (χ2v) is 2.59. The molecule has 11 heavy (non-hydrogen) atoms. The number of carbonyl (C=O) groups is 1. The smallest absolute Gasteiger partial charge is 0.333 e. The Morgan fingerprint density at radius 3 is 2.91 bits per heavy atom. The van der Waals surface area contributed by atoms with Gasteiger partial charge in [0.25, 0.3) is 0 Å². The number of hydrogen-bond acceptors (Lipinski definition) is 3. The Hall–Kier alpha value is -0.830. The first kappa shape index (κ1) is 8.27. The lowest BCUT2D eigenvalue weighted by Gasteiger charge is -2.01. The quantitative estimate of drug-likeness (QED) is 0.596. The molecule has 0 aliphatic heterocycles. The summed E-state index contributed by atoms with van der Waals surface area (Å²) in [5.74, 6) is -0.286. The van der Waals surface area contributed by atoms with Gasteiger partial charge < -0.3 is 9.84 Å². The highest BCUT2D eigenvalue weighted by atomic mass is 16.5. The third-order valence-corrected chi connectivity index (χ3v) is 1.95. The van der Waals surface area contributed by atoms with Crippen molar-refractivity contribution >= 4 is 5.97 Å². The van der Waals surface area contributed by atoms with E-state index in [9.17, 15) is 4.79 Å². The Balaban J connectivity index is 2.74. The predicted molar refractivity (Wildman–Crippen MR) is 40.0 cm³/mol. The summed E-state index contributed by atoms with van der Waals surface area (Å²) < 4.78 is 4.56. The minimum Gasteiger partial charge on any atom is -0.466 e. The molecule has 0 saturated carbocycles. The number of hydrogen-bond donors (Lipinski definition) is 1. The van der Waals surface area contributed by atoms with Crippen molar-refractivity contribution in [2.45, 2.75) is 19.3 Å². The second-order valence-electron chi connectivity index (χ2n) is 2.59. The van der Waals surface area contributed by atoms with Crippen LogP contribution in [-0.4, -0.2) is 24.8 Å². The van der Waals surface area contributed by atoms with Crippen LogP contribution in [0.3, 0.4) is 0 Å². The van der Waals surface area contributed by atoms with E-state index < -0.39 is 0 Å². The molecule has 1 aliphatic rings. The van der Waals surface area contributed by atoms with Crippen molar-refractivity contribution in [3.63, 3.8) is 0 Å². The molecule has 0 unspecified atom stereocenters. The van der Waals surface area contributed by atoms with Gasteiger partial charge in [0.1, 0.15) is 0 Å². The van der Waals surface area contributed by atoms with Crippen LogP contribution in [0.25, 0.3) is 0 Å². The zero-order valence-corrected chi connectivity index (χ0v) is 6.59. The lowest BCUT2D eigenvalue weighted by atomic mass is 10.2. The number of ether oxygens (including phenoxy) is 1. The van der Waals surface area contributed by atoms with Crippen molar-refractivity contribution in [1.29, 1.82) is 0 Å². The maximum Gasteiger partial charge on any atom is 0.333 e. The van der Waals surface area contributed by atoms with Gasteiger partial charge in [0.05, 0.1) is 13.7 Å². The van der Waals surface area contributed by atoms with Crippen LogP contribution in [0.5, 0.6) is 0 Å². The second kappa shape index (κ2) is 3.53. The summed E-state index contributed by atoms with van der Waals surface area (Å²) in [6.07, 6.45) is 2.55. The van der Waals surface area contributed by atoms with Crippen LogP contribution in [0.4, 0.5) is 0 Å². The molecular weight excluding hydrogens is 144 g/mol. The number of aliphatic hydroxyl groups excluding tert-OH is 1. The van der Waals surface area contributed by atoms with Gasteiger partial charge in [-0.3, -0.25) is 0 Å². The van der Waals surface area contributed by atoms with E-state index in [1.165, 1.54) is 7.11 Å². The predicted octanol–water partition coefficient (Wildman–Crippen LogP) is 0.632. The Morgan fingerprint density at radius 2 is 2.36 bits per heavy atom. The lowest BCUT2D eigenvalue weighted by Crippen LogP contribution is -2.05. The normalized spacial score (nSPS) is 17.3. The molecule has 1 N–H and O–H groups in total. The summed E-state index contributed by atoms with van der Waals surface area (Å²) in [6.45, 7) is -0.00949. The van der Waals surface area contributed by atoms with Crippen LogP contribution in [0.1, 0.15) is 19.3 Å². The van der Waals surface area contributed by atoms with Crippen LogP contribution < -0.4 is 0 Å². The van der Waals surface area contributed by atoms with Crippen molar-refractivity contribution in [3.05, 3.63) is 11.1 Å². The van der Waals surface area contributed by atoms with Gasteiger partial charge in [-0.2, -0.15) is 0 Å². The Kier molecular flexibility index (Phi) is 2.65. The SMILES string of the molecule is COC(=O)C1=C(CO)CCC1. The number of rotatable bonds is 2. The number of carbonyl (C=O) groups excluding carboxylic acids is 1. The fourth-order valence-corrected chi connectivity index (χ4v) is 1.35. The highest BCUT2D eigenvalue weighted by Gasteiger charge is 2.20. The van der Waals surface area contributed by atoms with Gasteiger partial charge in [0.15, 0.2) is 0 Å². The maximum atomic E-state index is 11.0. The molecule has 1 aliphatic carbocycles. The molecule has 0 fully saturated rings. The van der Waals surface area contributed by atoms with E-state index in [2.05, 4.69) is 4.74 Å². The number of aliphatic hydroxyl groups is 1. The van der Waals surface area contributed by atoms with Crippen LogP contribution in [-0.2, 0) is 9.53 Å². The van der Waals surface area contributed by atoms with E-state index in [0.717, 1.165) is 24.8 Å². The lowest BCUT2D eigenvalue weighted by molar-refractivity contribution is -0.136. The van der Waals surface area contributed by atoms with Gasteiger partial charge >= 0.3 is 5.97 Å². The summed E-state index contributed by atoms with van der Waals surface area (Å²) in [7, 11) is 1.36. The number of methoxy groups -OCH3 is 1. The summed E-state index contributed by atoms with van der Waals surface area (Å²) >= 11 is 0.